The Morgan fingerprint density at radius 3 is 1.45 bits per heavy atom. The van der Waals surface area contributed by atoms with Crippen molar-refractivity contribution in [1.82, 2.24) is 19.5 Å². The lowest BCUT2D eigenvalue weighted by Crippen LogP contribution is -2.01. The standard InChI is InChI=1S/C51H30N4O8S2/c56-39-35-36-38(42(59)46(63)44(61)40(36)57)55(37(35)41(58)45(62)43(39)60)30-18-10-20-32-34(30)33-29(51-53-49(23-11-3-1-4-12-23)52-50(54-51)24-13-5-2-6-14-24)22-21-28(48(33)65-32)27-17-9-16-26-25-15-7-8-19-31(25)64-47(26)27/h1-22,56-63H. The molecule has 0 fully saturated rings. The molecule has 8 N–H and O–H groups in total. The fraction of sp³-hybridized carbons (Fsp3) is 0. The van der Waals surface area contributed by atoms with E-state index in [1.807, 2.05) is 91.0 Å². The van der Waals surface area contributed by atoms with Gasteiger partial charge in [0.2, 0.25) is 23.0 Å². The third-order valence-corrected chi connectivity index (χ3v) is 14.3. The summed E-state index contributed by atoms with van der Waals surface area (Å²) in [5.41, 5.74) is 3.49. The summed E-state index contributed by atoms with van der Waals surface area (Å²) in [6.45, 7) is 0. The van der Waals surface area contributed by atoms with Gasteiger partial charge in [-0.1, -0.05) is 109 Å². The van der Waals surface area contributed by atoms with E-state index in [1.54, 1.807) is 23.5 Å². The van der Waals surface area contributed by atoms with Crippen LogP contribution < -0.4 is 0 Å². The fourth-order valence-corrected chi connectivity index (χ4v) is 11.5. The Morgan fingerprint density at radius 2 is 0.815 bits per heavy atom. The number of rotatable bonds is 5. The number of hydrogen-bond acceptors (Lipinski definition) is 13. The van der Waals surface area contributed by atoms with Crippen molar-refractivity contribution in [3.05, 3.63) is 133 Å². The summed E-state index contributed by atoms with van der Waals surface area (Å²) in [5, 5.41) is 92.2. The first-order valence-electron chi connectivity index (χ1n) is 20.2. The first-order chi connectivity index (χ1) is 31.6. The molecule has 12 nitrogen and oxygen atoms in total. The number of phenols is 8. The largest absolute Gasteiger partial charge is 0.504 e. The lowest BCUT2D eigenvalue weighted by atomic mass is 9.96. The van der Waals surface area contributed by atoms with E-state index in [4.69, 9.17) is 15.0 Å². The number of fused-ring (bicyclic) bond motifs is 9. The predicted molar refractivity (Wildman–Crippen MR) is 255 cm³/mol. The number of thiophene rings is 2. The molecule has 14 heteroatoms. The molecule has 65 heavy (non-hydrogen) atoms. The van der Waals surface area contributed by atoms with Gasteiger partial charge in [-0.3, -0.25) is 0 Å². The van der Waals surface area contributed by atoms with Crippen LogP contribution in [0.25, 0.3) is 113 Å². The lowest BCUT2D eigenvalue weighted by molar-refractivity contribution is 0.350. The maximum absolute atomic E-state index is 11.7. The molecule has 314 valence electrons. The second kappa shape index (κ2) is 14.0. The summed E-state index contributed by atoms with van der Waals surface area (Å²) in [5.74, 6) is -6.98. The molecule has 12 aromatic rings. The molecule has 0 saturated heterocycles. The SMILES string of the molecule is Oc1c(O)c(O)c2c(c1O)c1c(O)c(O)c(O)c(O)c1n2-c1cccc2sc3c(-c4cccc5c4sc4ccccc45)ccc(-c4nc(-c5ccccc5)nc(-c5ccccc5)n4)c3c12. The van der Waals surface area contributed by atoms with E-state index >= 15 is 0 Å². The first kappa shape index (κ1) is 38.1. The van der Waals surface area contributed by atoms with E-state index < -0.39 is 56.8 Å². The molecule has 0 aliphatic rings. The Hall–Kier alpha value is -8.59. The van der Waals surface area contributed by atoms with Gasteiger partial charge in [-0.2, -0.15) is 0 Å². The van der Waals surface area contributed by atoms with Crippen LogP contribution in [0.4, 0.5) is 0 Å². The smallest absolute Gasteiger partial charge is 0.206 e. The van der Waals surface area contributed by atoms with Crippen LogP contribution in [0.15, 0.2) is 133 Å². The van der Waals surface area contributed by atoms with Gasteiger partial charge >= 0.3 is 0 Å². The molecule has 0 aliphatic heterocycles. The minimum atomic E-state index is -1.11. The summed E-state index contributed by atoms with van der Waals surface area (Å²) in [4.78, 5) is 15.2. The average Bonchev–Trinajstić information content (AvgIpc) is 4.05. The molecule has 0 unspecified atom stereocenters. The van der Waals surface area contributed by atoms with Crippen molar-refractivity contribution in [3.8, 4) is 97.0 Å². The molecule has 0 amide bonds. The fourth-order valence-electron chi connectivity index (χ4n) is 9.01. The van der Waals surface area contributed by atoms with Gasteiger partial charge in [-0.25, -0.2) is 15.0 Å². The number of nitrogens with zero attached hydrogens (tertiary/aromatic N) is 4. The van der Waals surface area contributed by atoms with Crippen molar-refractivity contribution in [2.75, 3.05) is 0 Å². The van der Waals surface area contributed by atoms with Crippen molar-refractivity contribution in [3.63, 3.8) is 0 Å². The molecular weight excluding hydrogens is 861 g/mol. The topological polar surface area (TPSA) is 205 Å². The van der Waals surface area contributed by atoms with Gasteiger partial charge in [-0.15, -0.1) is 22.7 Å². The summed E-state index contributed by atoms with van der Waals surface area (Å²) in [6.07, 6.45) is 0. The first-order valence-corrected chi connectivity index (χ1v) is 21.8. The van der Waals surface area contributed by atoms with E-state index in [0.29, 0.717) is 38.5 Å². The van der Waals surface area contributed by atoms with Gasteiger partial charge in [-0.05, 0) is 24.3 Å². The number of aromatic nitrogens is 4. The highest BCUT2D eigenvalue weighted by Gasteiger charge is 2.33. The molecule has 4 heterocycles. The van der Waals surface area contributed by atoms with Crippen LogP contribution in [-0.2, 0) is 0 Å². The molecular formula is C51H30N4O8S2. The molecule has 8 aromatic carbocycles. The zero-order valence-corrected chi connectivity index (χ0v) is 35.0. The summed E-state index contributed by atoms with van der Waals surface area (Å²) in [7, 11) is 0. The number of aromatic hydroxyl groups is 8. The maximum Gasteiger partial charge on any atom is 0.206 e. The molecule has 12 rings (SSSR count). The van der Waals surface area contributed by atoms with Crippen molar-refractivity contribution < 1.29 is 40.9 Å². The Bertz CT molecular complexity index is 3860. The highest BCUT2D eigenvalue weighted by atomic mass is 32.1. The molecule has 0 spiro atoms. The molecule has 0 aliphatic carbocycles. The molecule has 0 saturated carbocycles. The van der Waals surface area contributed by atoms with Gasteiger partial charge in [0.15, 0.2) is 40.5 Å². The van der Waals surface area contributed by atoms with Crippen LogP contribution in [-0.4, -0.2) is 60.4 Å². The van der Waals surface area contributed by atoms with Gasteiger partial charge in [0, 0.05) is 68.2 Å². The summed E-state index contributed by atoms with van der Waals surface area (Å²) < 4.78 is 5.01. The van der Waals surface area contributed by atoms with Crippen LogP contribution in [0, 0.1) is 0 Å². The average molecular weight is 891 g/mol. The van der Waals surface area contributed by atoms with Gasteiger partial charge in [0.1, 0.15) is 11.0 Å². The van der Waals surface area contributed by atoms with E-state index in [9.17, 15) is 40.9 Å². The molecule has 0 atom stereocenters. The van der Waals surface area contributed by atoms with E-state index in [1.165, 1.54) is 15.9 Å². The van der Waals surface area contributed by atoms with Crippen molar-refractivity contribution >= 4 is 84.8 Å². The highest BCUT2D eigenvalue weighted by molar-refractivity contribution is 7.27. The minimum absolute atomic E-state index is 0.243. The van der Waals surface area contributed by atoms with Crippen molar-refractivity contribution in [2.24, 2.45) is 0 Å². The lowest BCUT2D eigenvalue weighted by Gasteiger charge is -2.15. The van der Waals surface area contributed by atoms with Gasteiger partial charge in [0.25, 0.3) is 0 Å². The normalized spacial score (nSPS) is 11.9. The molecule has 0 bridgehead atoms. The predicted octanol–water partition coefficient (Wildman–Crippen LogP) is 12.0. The second-order valence-corrected chi connectivity index (χ2v) is 17.6. The Labute approximate surface area is 374 Å². The van der Waals surface area contributed by atoms with E-state index in [-0.39, 0.29) is 16.7 Å². The highest BCUT2D eigenvalue weighted by Crippen LogP contribution is 2.60. The van der Waals surface area contributed by atoms with Crippen LogP contribution in [0.3, 0.4) is 0 Å². The third-order valence-electron chi connectivity index (χ3n) is 11.9. The van der Waals surface area contributed by atoms with Crippen LogP contribution >= 0.6 is 22.7 Å². The maximum atomic E-state index is 11.7. The molecule has 0 radical (unpaired) electrons. The number of phenolic OH excluding ortho intramolecular Hbond substituents is 8. The van der Waals surface area contributed by atoms with Gasteiger partial charge < -0.3 is 45.4 Å². The van der Waals surface area contributed by atoms with Crippen molar-refractivity contribution in [1.29, 1.82) is 0 Å². The van der Waals surface area contributed by atoms with Crippen LogP contribution in [0.5, 0.6) is 46.0 Å². The second-order valence-electron chi connectivity index (χ2n) is 15.5. The summed E-state index contributed by atoms with van der Waals surface area (Å²) in [6, 6.07) is 42.9. The summed E-state index contributed by atoms with van der Waals surface area (Å²) >= 11 is 3.16. The number of benzene rings is 8. The monoisotopic (exact) mass is 890 g/mol. The quantitative estimate of drug-likeness (QED) is 0.0603. The van der Waals surface area contributed by atoms with Crippen molar-refractivity contribution in [2.45, 2.75) is 0 Å². The van der Waals surface area contributed by atoms with Gasteiger partial charge in [0.05, 0.1) is 16.5 Å². The van der Waals surface area contributed by atoms with Crippen LogP contribution in [0.2, 0.25) is 0 Å². The zero-order chi connectivity index (χ0) is 44.4. The Kier molecular flexibility index (Phi) is 8.18. The van der Waals surface area contributed by atoms with E-state index in [2.05, 4.69) is 30.3 Å². The van der Waals surface area contributed by atoms with E-state index in [0.717, 1.165) is 47.1 Å². The Balaban J connectivity index is 1.27. The third kappa shape index (κ3) is 5.38. The zero-order valence-electron chi connectivity index (χ0n) is 33.4. The number of hydrogen-bond donors (Lipinski definition) is 8. The Morgan fingerprint density at radius 1 is 0.338 bits per heavy atom. The molecule has 4 aromatic heterocycles. The van der Waals surface area contributed by atoms with Crippen LogP contribution in [0.1, 0.15) is 0 Å². The minimum Gasteiger partial charge on any atom is -0.504 e.